The molecule has 0 aliphatic heterocycles. The van der Waals surface area contributed by atoms with Gasteiger partial charge in [-0.15, -0.1) is 0 Å². The van der Waals surface area contributed by atoms with Gasteiger partial charge in [-0.05, 0) is 43.4 Å². The third kappa shape index (κ3) is 5.39. The van der Waals surface area contributed by atoms with Crippen molar-refractivity contribution in [1.82, 2.24) is 5.32 Å². The molecule has 0 radical (unpaired) electrons. The lowest BCUT2D eigenvalue weighted by Gasteiger charge is -2.14. The van der Waals surface area contributed by atoms with Crippen LogP contribution in [-0.2, 0) is 16.0 Å². The monoisotopic (exact) mass is 305 g/mol. The average molecular weight is 305 g/mol. The van der Waals surface area contributed by atoms with E-state index in [1.807, 2.05) is 31.2 Å². The number of carboxylic acid groups (broad SMARTS) is 1. The molecule has 0 aromatic heterocycles. The molecule has 0 heterocycles. The molecule has 1 atom stereocenters. The summed E-state index contributed by atoms with van der Waals surface area (Å²) in [6, 6.07) is 6.86. The highest BCUT2D eigenvalue weighted by atomic mass is 16.5. The van der Waals surface area contributed by atoms with Gasteiger partial charge in [0.2, 0.25) is 5.91 Å². The maximum Gasteiger partial charge on any atom is 0.326 e. The normalized spacial score (nSPS) is 15.1. The van der Waals surface area contributed by atoms with Gasteiger partial charge in [-0.3, -0.25) is 4.79 Å². The quantitative estimate of drug-likeness (QED) is 0.734. The van der Waals surface area contributed by atoms with Crippen molar-refractivity contribution in [3.63, 3.8) is 0 Å². The molecule has 5 heteroatoms. The van der Waals surface area contributed by atoms with Gasteiger partial charge >= 0.3 is 5.97 Å². The molecule has 1 amide bonds. The standard InChI is InChI=1S/C17H23NO4/c1-2-22-14-8-5-12(6-9-14)7-10-16(19)18-15(17(20)21)11-13-3-4-13/h5-6,8-9,13,15H,2-4,7,10-11H2,1H3,(H,18,19)(H,20,21). The molecule has 0 saturated heterocycles. The van der Waals surface area contributed by atoms with Crippen molar-refractivity contribution < 1.29 is 19.4 Å². The summed E-state index contributed by atoms with van der Waals surface area (Å²) in [5.74, 6) is 0.127. The van der Waals surface area contributed by atoms with Gasteiger partial charge in [0.05, 0.1) is 6.61 Å². The topological polar surface area (TPSA) is 75.6 Å². The van der Waals surface area contributed by atoms with E-state index >= 15 is 0 Å². The number of benzene rings is 1. The summed E-state index contributed by atoms with van der Waals surface area (Å²) in [6.07, 6.45) is 3.58. The fourth-order valence-electron chi connectivity index (χ4n) is 2.35. The van der Waals surface area contributed by atoms with E-state index in [1.54, 1.807) is 0 Å². The fourth-order valence-corrected chi connectivity index (χ4v) is 2.35. The molecular formula is C17H23NO4. The van der Waals surface area contributed by atoms with Crippen molar-refractivity contribution in [3.05, 3.63) is 29.8 Å². The molecule has 0 spiro atoms. The second-order valence-electron chi connectivity index (χ2n) is 5.71. The van der Waals surface area contributed by atoms with Crippen LogP contribution in [0.15, 0.2) is 24.3 Å². The molecule has 2 N–H and O–H groups in total. The number of carbonyl (C=O) groups is 2. The lowest BCUT2D eigenvalue weighted by molar-refractivity contribution is -0.142. The number of aliphatic carboxylic acids is 1. The van der Waals surface area contributed by atoms with Crippen molar-refractivity contribution in [2.45, 2.75) is 45.1 Å². The van der Waals surface area contributed by atoms with E-state index in [2.05, 4.69) is 5.32 Å². The Morgan fingerprint density at radius 2 is 2.00 bits per heavy atom. The van der Waals surface area contributed by atoms with Gasteiger partial charge in [0.25, 0.3) is 0 Å². The van der Waals surface area contributed by atoms with E-state index in [9.17, 15) is 9.59 Å². The van der Waals surface area contributed by atoms with Gasteiger partial charge in [0.1, 0.15) is 11.8 Å². The molecule has 1 aliphatic carbocycles. The molecule has 5 nitrogen and oxygen atoms in total. The minimum Gasteiger partial charge on any atom is -0.494 e. The zero-order valence-electron chi connectivity index (χ0n) is 12.9. The number of nitrogens with one attached hydrogen (secondary N) is 1. The van der Waals surface area contributed by atoms with E-state index in [1.165, 1.54) is 0 Å². The number of rotatable bonds is 9. The first-order chi connectivity index (χ1) is 10.6. The summed E-state index contributed by atoms with van der Waals surface area (Å²) in [5.41, 5.74) is 1.03. The molecule has 1 unspecified atom stereocenters. The Morgan fingerprint density at radius 1 is 1.32 bits per heavy atom. The zero-order valence-corrected chi connectivity index (χ0v) is 12.9. The van der Waals surface area contributed by atoms with Crippen LogP contribution in [0.4, 0.5) is 0 Å². The predicted octanol–water partition coefficient (Wildman–Crippen LogP) is 2.39. The first-order valence-corrected chi connectivity index (χ1v) is 7.82. The lowest BCUT2D eigenvalue weighted by Crippen LogP contribution is -2.41. The fraction of sp³-hybridized carbons (Fsp3) is 0.529. The van der Waals surface area contributed by atoms with Crippen LogP contribution in [0.1, 0.15) is 38.2 Å². The largest absolute Gasteiger partial charge is 0.494 e. The highest BCUT2D eigenvalue weighted by Gasteiger charge is 2.29. The molecule has 1 aromatic rings. The molecule has 22 heavy (non-hydrogen) atoms. The Hall–Kier alpha value is -2.04. The number of carbonyl (C=O) groups excluding carboxylic acids is 1. The number of hydrogen-bond donors (Lipinski definition) is 2. The molecule has 1 saturated carbocycles. The Balaban J connectivity index is 1.77. The summed E-state index contributed by atoms with van der Waals surface area (Å²) in [6.45, 7) is 2.55. The van der Waals surface area contributed by atoms with Crippen LogP contribution in [0.25, 0.3) is 0 Å². The second kappa shape index (κ2) is 7.82. The van der Waals surface area contributed by atoms with Crippen LogP contribution in [0.3, 0.4) is 0 Å². The van der Waals surface area contributed by atoms with Crippen LogP contribution in [-0.4, -0.2) is 29.6 Å². The molecule has 120 valence electrons. The number of hydrogen-bond acceptors (Lipinski definition) is 3. The smallest absolute Gasteiger partial charge is 0.326 e. The highest BCUT2D eigenvalue weighted by Crippen LogP contribution is 2.33. The van der Waals surface area contributed by atoms with Crippen molar-refractivity contribution in [1.29, 1.82) is 0 Å². The van der Waals surface area contributed by atoms with Crippen molar-refractivity contribution in [2.24, 2.45) is 5.92 Å². The highest BCUT2D eigenvalue weighted by molar-refractivity contribution is 5.83. The molecular weight excluding hydrogens is 282 g/mol. The number of aryl methyl sites for hydroxylation is 1. The number of ether oxygens (including phenoxy) is 1. The Kier molecular flexibility index (Phi) is 5.81. The van der Waals surface area contributed by atoms with E-state index in [4.69, 9.17) is 9.84 Å². The summed E-state index contributed by atoms with van der Waals surface area (Å²) < 4.78 is 5.36. The van der Waals surface area contributed by atoms with Gasteiger partial charge in [0, 0.05) is 6.42 Å². The SMILES string of the molecule is CCOc1ccc(CCC(=O)NC(CC2CC2)C(=O)O)cc1. The maximum atomic E-state index is 11.9. The van der Waals surface area contributed by atoms with E-state index in [-0.39, 0.29) is 5.91 Å². The third-order valence-corrected chi connectivity index (χ3v) is 3.77. The Labute approximate surface area is 130 Å². The van der Waals surface area contributed by atoms with Gasteiger partial charge in [-0.25, -0.2) is 4.79 Å². The first kappa shape index (κ1) is 16.3. The van der Waals surface area contributed by atoms with Crippen LogP contribution < -0.4 is 10.1 Å². The minimum atomic E-state index is -0.943. The van der Waals surface area contributed by atoms with Crippen molar-refractivity contribution >= 4 is 11.9 Å². The lowest BCUT2D eigenvalue weighted by atomic mass is 10.1. The summed E-state index contributed by atoms with van der Waals surface area (Å²) in [4.78, 5) is 23.0. The van der Waals surface area contributed by atoms with Gasteiger partial charge in [0.15, 0.2) is 0 Å². The molecule has 2 rings (SSSR count). The summed E-state index contributed by atoms with van der Waals surface area (Å²) >= 11 is 0. The van der Waals surface area contributed by atoms with Crippen LogP contribution in [0.2, 0.25) is 0 Å². The molecule has 0 bridgehead atoms. The average Bonchev–Trinajstić information content (AvgIpc) is 3.30. The predicted molar refractivity (Wildman–Crippen MR) is 82.8 cm³/mol. The van der Waals surface area contributed by atoms with E-state index in [0.717, 1.165) is 24.2 Å². The Bertz CT molecular complexity index is 508. The molecule has 1 aliphatic rings. The molecule has 1 fully saturated rings. The number of carboxylic acids is 1. The zero-order chi connectivity index (χ0) is 15.9. The van der Waals surface area contributed by atoms with E-state index < -0.39 is 12.0 Å². The van der Waals surface area contributed by atoms with Crippen LogP contribution in [0.5, 0.6) is 5.75 Å². The summed E-state index contributed by atoms with van der Waals surface area (Å²) in [7, 11) is 0. The van der Waals surface area contributed by atoms with E-state index in [0.29, 0.717) is 31.8 Å². The van der Waals surface area contributed by atoms with Crippen molar-refractivity contribution in [2.75, 3.05) is 6.61 Å². The van der Waals surface area contributed by atoms with Gasteiger partial charge in [-0.1, -0.05) is 25.0 Å². The van der Waals surface area contributed by atoms with Crippen LogP contribution >= 0.6 is 0 Å². The van der Waals surface area contributed by atoms with Gasteiger partial charge < -0.3 is 15.2 Å². The van der Waals surface area contributed by atoms with Gasteiger partial charge in [-0.2, -0.15) is 0 Å². The minimum absolute atomic E-state index is 0.207. The number of amides is 1. The first-order valence-electron chi connectivity index (χ1n) is 7.82. The third-order valence-electron chi connectivity index (χ3n) is 3.77. The molecule has 1 aromatic carbocycles. The van der Waals surface area contributed by atoms with Crippen LogP contribution in [0, 0.1) is 5.92 Å². The second-order valence-corrected chi connectivity index (χ2v) is 5.71. The Morgan fingerprint density at radius 3 is 2.55 bits per heavy atom. The summed E-state index contributed by atoms with van der Waals surface area (Å²) in [5, 5.41) is 11.8. The maximum absolute atomic E-state index is 11.9. The van der Waals surface area contributed by atoms with Crippen molar-refractivity contribution in [3.8, 4) is 5.75 Å².